The molecule has 6 nitrogen and oxygen atoms in total. The second-order valence-corrected chi connectivity index (χ2v) is 7.94. The third kappa shape index (κ3) is 3.52. The summed E-state index contributed by atoms with van der Waals surface area (Å²) in [5.74, 6) is 0.0408. The lowest BCUT2D eigenvalue weighted by Crippen LogP contribution is -2.33. The molecule has 4 rings (SSSR count). The molecule has 1 saturated heterocycles. The summed E-state index contributed by atoms with van der Waals surface area (Å²) in [6.07, 6.45) is 2.67. The van der Waals surface area contributed by atoms with Crippen LogP contribution >= 0.6 is 11.3 Å². The first-order valence-electron chi connectivity index (χ1n) is 9.10. The number of rotatable bonds is 4. The van der Waals surface area contributed by atoms with Crippen LogP contribution in [-0.2, 0) is 11.3 Å². The Labute approximate surface area is 161 Å². The normalized spacial score (nSPS) is 17.0. The van der Waals surface area contributed by atoms with Gasteiger partial charge >= 0.3 is 0 Å². The fraction of sp³-hybridized carbons (Fsp3) is 0.350. The Morgan fingerprint density at radius 1 is 1.33 bits per heavy atom. The number of aryl methyl sites for hydroxylation is 2. The maximum atomic E-state index is 13.0. The summed E-state index contributed by atoms with van der Waals surface area (Å²) >= 11 is 1.47. The third-order valence-corrected chi connectivity index (χ3v) is 5.95. The minimum absolute atomic E-state index is 0.0408. The number of carbonyl (C=O) groups excluding carboxylic acids is 1. The Kier molecular flexibility index (Phi) is 4.80. The van der Waals surface area contributed by atoms with Crippen molar-refractivity contribution in [2.45, 2.75) is 32.4 Å². The van der Waals surface area contributed by atoms with Gasteiger partial charge in [-0.1, -0.05) is 29.8 Å². The van der Waals surface area contributed by atoms with Crippen molar-refractivity contribution in [2.24, 2.45) is 5.73 Å². The summed E-state index contributed by atoms with van der Waals surface area (Å²) in [7, 11) is 0. The Balaban J connectivity index is 1.60. The van der Waals surface area contributed by atoms with Crippen LogP contribution in [0, 0.1) is 6.92 Å². The predicted octanol–water partition coefficient (Wildman–Crippen LogP) is 2.38. The van der Waals surface area contributed by atoms with Gasteiger partial charge in [-0.25, -0.2) is 4.98 Å². The number of benzene rings is 1. The molecule has 1 aliphatic rings. The smallest absolute Gasteiger partial charge is 0.262 e. The molecule has 1 aromatic carbocycles. The Hall–Kier alpha value is -2.51. The van der Waals surface area contributed by atoms with Gasteiger partial charge in [0.1, 0.15) is 4.83 Å². The maximum Gasteiger partial charge on any atom is 0.262 e. The van der Waals surface area contributed by atoms with Gasteiger partial charge in [-0.3, -0.25) is 14.2 Å². The van der Waals surface area contributed by atoms with Crippen molar-refractivity contribution in [3.8, 4) is 11.1 Å². The van der Waals surface area contributed by atoms with Crippen molar-refractivity contribution in [3.05, 3.63) is 51.9 Å². The van der Waals surface area contributed by atoms with E-state index in [9.17, 15) is 9.59 Å². The zero-order valence-electron chi connectivity index (χ0n) is 15.2. The highest BCUT2D eigenvalue weighted by Crippen LogP contribution is 2.30. The van der Waals surface area contributed by atoms with Gasteiger partial charge in [0.05, 0.1) is 11.7 Å². The molecule has 1 unspecified atom stereocenters. The number of hydrogen-bond donors (Lipinski definition) is 1. The van der Waals surface area contributed by atoms with E-state index in [-0.39, 0.29) is 23.9 Å². The van der Waals surface area contributed by atoms with Crippen LogP contribution < -0.4 is 11.3 Å². The lowest BCUT2D eigenvalue weighted by molar-refractivity contribution is -0.130. The van der Waals surface area contributed by atoms with E-state index < -0.39 is 0 Å². The topological polar surface area (TPSA) is 81.2 Å². The van der Waals surface area contributed by atoms with Gasteiger partial charge in [0.2, 0.25) is 5.91 Å². The molecule has 7 heteroatoms. The molecule has 1 atom stereocenters. The number of hydrogen-bond acceptors (Lipinski definition) is 5. The monoisotopic (exact) mass is 382 g/mol. The van der Waals surface area contributed by atoms with Gasteiger partial charge < -0.3 is 10.6 Å². The first-order chi connectivity index (χ1) is 13.0. The van der Waals surface area contributed by atoms with Gasteiger partial charge in [-0.05, 0) is 18.9 Å². The molecule has 0 saturated carbocycles. The molecule has 3 heterocycles. The zero-order valence-corrected chi connectivity index (χ0v) is 16.0. The maximum absolute atomic E-state index is 13.0. The summed E-state index contributed by atoms with van der Waals surface area (Å²) in [4.78, 5) is 32.3. The van der Waals surface area contributed by atoms with Crippen molar-refractivity contribution in [2.75, 3.05) is 13.1 Å². The molecular weight excluding hydrogens is 360 g/mol. The van der Waals surface area contributed by atoms with E-state index in [4.69, 9.17) is 5.73 Å². The standard InChI is InChI=1S/C20H22N4O2S/c1-13-2-4-14(5-3-13)16-11-27-19-18(16)20(26)24(12-22-19)9-7-17(25)23-8-6-15(21)10-23/h2-5,11-12,15H,6-10,21H2,1H3. The lowest BCUT2D eigenvalue weighted by Gasteiger charge is -2.16. The summed E-state index contributed by atoms with van der Waals surface area (Å²) in [6, 6.07) is 8.18. The Morgan fingerprint density at radius 2 is 2.11 bits per heavy atom. The van der Waals surface area contributed by atoms with Crippen LogP contribution in [0.3, 0.4) is 0 Å². The molecule has 1 aliphatic heterocycles. The van der Waals surface area contributed by atoms with E-state index in [1.54, 1.807) is 15.8 Å². The number of aromatic nitrogens is 2. The molecule has 27 heavy (non-hydrogen) atoms. The van der Waals surface area contributed by atoms with Crippen molar-refractivity contribution < 1.29 is 4.79 Å². The van der Waals surface area contributed by atoms with E-state index in [0.717, 1.165) is 22.4 Å². The average molecular weight is 382 g/mol. The number of carbonyl (C=O) groups is 1. The number of nitrogens with two attached hydrogens (primary N) is 1. The van der Waals surface area contributed by atoms with Crippen LogP contribution in [0.2, 0.25) is 0 Å². The summed E-state index contributed by atoms with van der Waals surface area (Å²) < 4.78 is 1.54. The van der Waals surface area contributed by atoms with Gasteiger partial charge in [-0.2, -0.15) is 0 Å². The van der Waals surface area contributed by atoms with Crippen LogP contribution in [0.4, 0.5) is 0 Å². The molecule has 0 radical (unpaired) electrons. The lowest BCUT2D eigenvalue weighted by atomic mass is 10.1. The molecule has 1 fully saturated rings. The summed E-state index contributed by atoms with van der Waals surface area (Å²) in [5, 5.41) is 2.60. The molecule has 0 bridgehead atoms. The van der Waals surface area contributed by atoms with Crippen LogP contribution in [0.25, 0.3) is 21.3 Å². The molecular formula is C20H22N4O2S. The molecule has 0 aliphatic carbocycles. The predicted molar refractivity (Wildman–Crippen MR) is 108 cm³/mol. The average Bonchev–Trinajstić information content (AvgIpc) is 3.28. The first-order valence-corrected chi connectivity index (χ1v) is 9.98. The number of nitrogens with zero attached hydrogens (tertiary/aromatic N) is 3. The highest BCUT2D eigenvalue weighted by atomic mass is 32.1. The van der Waals surface area contributed by atoms with Crippen molar-refractivity contribution in [3.63, 3.8) is 0 Å². The van der Waals surface area contributed by atoms with E-state index in [0.29, 0.717) is 25.0 Å². The van der Waals surface area contributed by atoms with E-state index in [1.165, 1.54) is 16.9 Å². The Bertz CT molecular complexity index is 1040. The zero-order chi connectivity index (χ0) is 19.0. The number of fused-ring (bicyclic) bond motifs is 1. The van der Waals surface area contributed by atoms with Crippen molar-refractivity contribution >= 4 is 27.5 Å². The fourth-order valence-corrected chi connectivity index (χ4v) is 4.37. The van der Waals surface area contributed by atoms with E-state index >= 15 is 0 Å². The number of thiophene rings is 1. The molecule has 0 spiro atoms. The SMILES string of the molecule is Cc1ccc(-c2csc3ncn(CCC(=O)N4CCC(N)C4)c(=O)c23)cc1. The van der Waals surface area contributed by atoms with Gasteiger partial charge in [0.25, 0.3) is 5.56 Å². The molecule has 3 aromatic rings. The second-order valence-electron chi connectivity index (χ2n) is 7.08. The summed E-state index contributed by atoms with van der Waals surface area (Å²) in [6.45, 7) is 3.67. The number of amides is 1. The van der Waals surface area contributed by atoms with Crippen LogP contribution in [0.15, 0.2) is 40.8 Å². The van der Waals surface area contributed by atoms with Crippen molar-refractivity contribution in [1.82, 2.24) is 14.5 Å². The quantitative estimate of drug-likeness (QED) is 0.751. The molecule has 2 aromatic heterocycles. The second kappa shape index (κ2) is 7.25. The van der Waals surface area contributed by atoms with Crippen LogP contribution in [0.1, 0.15) is 18.4 Å². The highest BCUT2D eigenvalue weighted by molar-refractivity contribution is 7.17. The minimum Gasteiger partial charge on any atom is -0.341 e. The molecule has 2 N–H and O–H groups in total. The number of likely N-dealkylation sites (tertiary alicyclic amines) is 1. The van der Waals surface area contributed by atoms with Crippen molar-refractivity contribution in [1.29, 1.82) is 0 Å². The van der Waals surface area contributed by atoms with E-state index in [1.807, 2.05) is 36.6 Å². The highest BCUT2D eigenvalue weighted by Gasteiger charge is 2.23. The van der Waals surface area contributed by atoms with Gasteiger partial charge in [-0.15, -0.1) is 11.3 Å². The molecule has 1 amide bonds. The fourth-order valence-electron chi connectivity index (χ4n) is 3.46. The van der Waals surface area contributed by atoms with Gasteiger partial charge in [0, 0.05) is 43.0 Å². The van der Waals surface area contributed by atoms with Gasteiger partial charge in [0.15, 0.2) is 0 Å². The van der Waals surface area contributed by atoms with Crippen LogP contribution in [0.5, 0.6) is 0 Å². The minimum atomic E-state index is -0.0947. The molecule has 140 valence electrons. The first kappa shape index (κ1) is 17.9. The Morgan fingerprint density at radius 3 is 2.81 bits per heavy atom. The van der Waals surface area contributed by atoms with Crippen LogP contribution in [-0.4, -0.2) is 39.5 Å². The third-order valence-electron chi connectivity index (χ3n) is 5.07. The summed E-state index contributed by atoms with van der Waals surface area (Å²) in [5.41, 5.74) is 8.86. The van der Waals surface area contributed by atoms with E-state index in [2.05, 4.69) is 4.98 Å². The largest absolute Gasteiger partial charge is 0.341 e.